The highest BCUT2D eigenvalue weighted by Crippen LogP contribution is 2.44. The van der Waals surface area contributed by atoms with Crippen LogP contribution in [0.25, 0.3) is 46.6 Å². The lowest BCUT2D eigenvalue weighted by molar-refractivity contribution is 1.08. The van der Waals surface area contributed by atoms with E-state index >= 15 is 0 Å². The number of benzene rings is 6. The SMILES string of the molecule is NN1c2ccccc2C=Cc2cc(-c3ccc4c(c3)C=Cc3cc(-c5ccccc5)ccc3N4c3ccccc3)ccc21. The van der Waals surface area contributed by atoms with Crippen LogP contribution in [0.3, 0.4) is 0 Å². The Kier molecular flexibility index (Phi) is 6.03. The number of hydrogen-bond acceptors (Lipinski definition) is 3. The summed E-state index contributed by atoms with van der Waals surface area (Å²) in [5.41, 5.74) is 14.7. The van der Waals surface area contributed by atoms with Crippen molar-refractivity contribution in [3.8, 4) is 22.3 Å². The molecule has 0 aromatic heterocycles. The summed E-state index contributed by atoms with van der Waals surface area (Å²) in [7, 11) is 0. The molecule has 0 saturated heterocycles. The normalized spacial score (nSPS) is 13.0. The van der Waals surface area contributed by atoms with Crippen LogP contribution < -0.4 is 15.8 Å². The zero-order valence-corrected chi connectivity index (χ0v) is 23.6. The van der Waals surface area contributed by atoms with Crippen LogP contribution in [0, 0.1) is 0 Å². The molecule has 43 heavy (non-hydrogen) atoms. The van der Waals surface area contributed by atoms with Crippen molar-refractivity contribution in [1.82, 2.24) is 0 Å². The lowest BCUT2D eigenvalue weighted by Crippen LogP contribution is -2.25. The minimum Gasteiger partial charge on any atom is -0.309 e. The van der Waals surface area contributed by atoms with Gasteiger partial charge in [0.2, 0.25) is 0 Å². The maximum absolute atomic E-state index is 6.59. The smallest absolute Gasteiger partial charge is 0.0648 e. The van der Waals surface area contributed by atoms with Gasteiger partial charge in [0.05, 0.1) is 22.7 Å². The minimum atomic E-state index is 0.986. The fourth-order valence-electron chi connectivity index (χ4n) is 6.18. The van der Waals surface area contributed by atoms with Gasteiger partial charge in [0, 0.05) is 11.3 Å². The van der Waals surface area contributed by atoms with E-state index in [1.807, 2.05) is 12.1 Å². The van der Waals surface area contributed by atoms with E-state index in [0.29, 0.717) is 0 Å². The number of hydrazine groups is 1. The van der Waals surface area contributed by atoms with Crippen LogP contribution in [0.15, 0.2) is 140 Å². The third kappa shape index (κ3) is 4.44. The van der Waals surface area contributed by atoms with Crippen LogP contribution in [0.1, 0.15) is 22.3 Å². The Bertz CT molecular complexity index is 2040. The minimum absolute atomic E-state index is 0.986. The predicted molar refractivity (Wildman–Crippen MR) is 183 cm³/mol. The first-order chi connectivity index (χ1) is 21.2. The molecule has 2 aliphatic heterocycles. The van der Waals surface area contributed by atoms with Gasteiger partial charge in [-0.3, -0.25) is 5.01 Å². The molecule has 2 aliphatic rings. The summed E-state index contributed by atoms with van der Waals surface area (Å²) < 4.78 is 0. The summed E-state index contributed by atoms with van der Waals surface area (Å²) in [4.78, 5) is 2.37. The monoisotopic (exact) mass is 551 g/mol. The Hall–Kier alpha value is -5.64. The fraction of sp³-hybridized carbons (Fsp3) is 0. The van der Waals surface area contributed by atoms with Gasteiger partial charge in [0.25, 0.3) is 0 Å². The van der Waals surface area contributed by atoms with Crippen LogP contribution in [-0.2, 0) is 0 Å². The quantitative estimate of drug-likeness (QED) is 0.222. The van der Waals surface area contributed by atoms with Gasteiger partial charge >= 0.3 is 0 Å². The molecular formula is C40H29N3. The largest absolute Gasteiger partial charge is 0.309 e. The van der Waals surface area contributed by atoms with E-state index in [0.717, 1.165) is 56.3 Å². The molecular weight excluding hydrogens is 522 g/mol. The highest BCUT2D eigenvalue weighted by molar-refractivity contribution is 5.96. The first-order valence-corrected chi connectivity index (χ1v) is 14.6. The average molecular weight is 552 g/mol. The molecule has 0 radical (unpaired) electrons. The van der Waals surface area contributed by atoms with Gasteiger partial charge in [-0.2, -0.15) is 0 Å². The number of nitrogens with two attached hydrogens (primary N) is 1. The maximum Gasteiger partial charge on any atom is 0.0648 e. The highest BCUT2D eigenvalue weighted by atomic mass is 15.4. The van der Waals surface area contributed by atoms with E-state index in [9.17, 15) is 0 Å². The summed E-state index contributed by atoms with van der Waals surface area (Å²) in [5, 5.41) is 1.78. The molecule has 0 spiro atoms. The Morgan fingerprint density at radius 3 is 1.42 bits per heavy atom. The van der Waals surface area contributed by atoms with Gasteiger partial charge in [-0.15, -0.1) is 0 Å². The van der Waals surface area contributed by atoms with E-state index in [1.54, 1.807) is 5.01 Å². The molecule has 6 aromatic rings. The summed E-state index contributed by atoms with van der Waals surface area (Å²) >= 11 is 0. The van der Waals surface area contributed by atoms with Crippen molar-refractivity contribution in [2.24, 2.45) is 5.84 Å². The zero-order valence-electron chi connectivity index (χ0n) is 23.6. The number of fused-ring (bicyclic) bond motifs is 4. The molecule has 6 aromatic carbocycles. The molecule has 3 nitrogen and oxygen atoms in total. The summed E-state index contributed by atoms with van der Waals surface area (Å²) in [5.74, 6) is 6.59. The average Bonchev–Trinajstić information content (AvgIpc) is 3.32. The van der Waals surface area contributed by atoms with Gasteiger partial charge in [-0.1, -0.05) is 109 Å². The Balaban J connectivity index is 1.23. The lowest BCUT2D eigenvalue weighted by Gasteiger charge is -2.28. The molecule has 0 aliphatic carbocycles. The predicted octanol–water partition coefficient (Wildman–Crippen LogP) is 10.5. The Morgan fingerprint density at radius 1 is 0.349 bits per heavy atom. The molecule has 3 heteroatoms. The van der Waals surface area contributed by atoms with E-state index in [1.165, 1.54) is 16.7 Å². The van der Waals surface area contributed by atoms with Crippen molar-refractivity contribution < 1.29 is 0 Å². The lowest BCUT2D eigenvalue weighted by atomic mass is 9.98. The molecule has 204 valence electrons. The second kappa shape index (κ2) is 10.3. The van der Waals surface area contributed by atoms with E-state index in [-0.39, 0.29) is 0 Å². The Morgan fingerprint density at radius 2 is 0.791 bits per heavy atom. The van der Waals surface area contributed by atoms with Crippen molar-refractivity contribution in [3.05, 3.63) is 162 Å². The summed E-state index contributed by atoms with van der Waals surface area (Å²) in [6.07, 6.45) is 8.79. The van der Waals surface area contributed by atoms with Crippen molar-refractivity contribution in [2.45, 2.75) is 0 Å². The van der Waals surface area contributed by atoms with Gasteiger partial charge in [0.1, 0.15) is 0 Å². The molecule has 2 N–H and O–H groups in total. The Labute approximate surface area is 252 Å². The number of hydrogen-bond donors (Lipinski definition) is 1. The van der Waals surface area contributed by atoms with Gasteiger partial charge in [0.15, 0.2) is 0 Å². The van der Waals surface area contributed by atoms with Crippen LogP contribution in [0.2, 0.25) is 0 Å². The molecule has 0 fully saturated rings. The first-order valence-electron chi connectivity index (χ1n) is 14.6. The van der Waals surface area contributed by atoms with Crippen LogP contribution in [-0.4, -0.2) is 0 Å². The maximum atomic E-state index is 6.59. The van der Waals surface area contributed by atoms with Crippen molar-refractivity contribution in [2.75, 3.05) is 9.91 Å². The standard InChI is InChI=1S/C40H29N3/c41-43-39-14-8-7-11-29(39)15-16-35-27-32(21-24-40(35)43)31-20-23-38-34(26-31)18-17-33-25-30(28-9-3-1-4-10-28)19-22-37(33)42(38)36-12-5-2-6-13-36/h1-27H,41H2. The van der Waals surface area contributed by atoms with Crippen LogP contribution >= 0.6 is 0 Å². The topological polar surface area (TPSA) is 32.5 Å². The van der Waals surface area contributed by atoms with Crippen molar-refractivity contribution >= 4 is 52.7 Å². The molecule has 0 amide bonds. The van der Waals surface area contributed by atoms with Gasteiger partial charge < -0.3 is 4.90 Å². The number of para-hydroxylation sites is 2. The number of rotatable bonds is 3. The van der Waals surface area contributed by atoms with Crippen LogP contribution in [0.5, 0.6) is 0 Å². The van der Waals surface area contributed by atoms with Crippen molar-refractivity contribution in [1.29, 1.82) is 0 Å². The molecule has 0 saturated carbocycles. The van der Waals surface area contributed by atoms with E-state index in [2.05, 4.69) is 157 Å². The van der Waals surface area contributed by atoms with Gasteiger partial charge in [-0.05, 0) is 93.5 Å². The molecule has 0 unspecified atom stereocenters. The van der Waals surface area contributed by atoms with Gasteiger partial charge in [-0.25, -0.2) is 5.84 Å². The number of anilines is 5. The first kappa shape index (κ1) is 25.1. The third-order valence-electron chi connectivity index (χ3n) is 8.36. The molecule has 0 atom stereocenters. The zero-order chi connectivity index (χ0) is 28.8. The van der Waals surface area contributed by atoms with Crippen LogP contribution in [0.4, 0.5) is 28.4 Å². The molecule has 2 heterocycles. The van der Waals surface area contributed by atoms with E-state index < -0.39 is 0 Å². The highest BCUT2D eigenvalue weighted by Gasteiger charge is 2.21. The fourth-order valence-corrected chi connectivity index (χ4v) is 6.18. The summed E-state index contributed by atoms with van der Waals surface area (Å²) in [6.45, 7) is 0. The third-order valence-corrected chi connectivity index (χ3v) is 8.36. The summed E-state index contributed by atoms with van der Waals surface area (Å²) in [6, 6.07) is 49.4. The second-order valence-electron chi connectivity index (χ2n) is 11.0. The second-order valence-corrected chi connectivity index (χ2v) is 11.0. The van der Waals surface area contributed by atoms with Crippen molar-refractivity contribution in [3.63, 3.8) is 0 Å². The number of nitrogens with zero attached hydrogens (tertiary/aromatic N) is 2. The van der Waals surface area contributed by atoms with E-state index in [4.69, 9.17) is 5.84 Å². The molecule has 8 rings (SSSR count). The molecule has 0 bridgehead atoms.